The van der Waals surface area contributed by atoms with Gasteiger partial charge in [0.25, 0.3) is 5.91 Å². The predicted molar refractivity (Wildman–Crippen MR) is 128 cm³/mol. The van der Waals surface area contributed by atoms with Gasteiger partial charge in [-0.25, -0.2) is 18.6 Å². The second kappa shape index (κ2) is 9.97. The van der Waals surface area contributed by atoms with Crippen molar-refractivity contribution in [3.63, 3.8) is 0 Å². The van der Waals surface area contributed by atoms with E-state index >= 15 is 8.78 Å². The molecule has 0 aromatic heterocycles. The number of nitrogens with zero attached hydrogens (tertiary/aromatic N) is 1. The number of hydrogen-bond acceptors (Lipinski definition) is 6. The summed E-state index contributed by atoms with van der Waals surface area (Å²) < 4.78 is 32.8. The van der Waals surface area contributed by atoms with Crippen LogP contribution in [0.5, 0.6) is 0 Å². The minimum Gasteiger partial charge on any atom is -0.390 e. The monoisotopic (exact) mass is 504 g/mol. The largest absolute Gasteiger partial charge is 0.390 e. The lowest BCUT2D eigenvalue weighted by molar-refractivity contribution is -0.147. The molecule has 1 aliphatic carbocycles. The topological polar surface area (TPSA) is 89.9 Å². The van der Waals surface area contributed by atoms with Gasteiger partial charge in [-0.3, -0.25) is 14.8 Å². The Labute approximate surface area is 207 Å². The molecular weight excluding hydrogens is 474 g/mol. The highest BCUT2D eigenvalue weighted by Crippen LogP contribution is 2.52. The second-order valence-corrected chi connectivity index (χ2v) is 11.2. The highest BCUT2D eigenvalue weighted by atomic mass is 32.2. The van der Waals surface area contributed by atoms with Crippen LogP contribution in [-0.2, 0) is 21.5 Å². The van der Waals surface area contributed by atoms with Crippen molar-refractivity contribution >= 4 is 23.6 Å². The third kappa shape index (κ3) is 5.28. The number of carbonyl (C=O) groups is 2. The van der Waals surface area contributed by atoms with E-state index < -0.39 is 40.8 Å². The zero-order valence-electron chi connectivity index (χ0n) is 19.8. The molecule has 1 saturated carbocycles. The zero-order valence-corrected chi connectivity index (χ0v) is 20.6. The van der Waals surface area contributed by atoms with Crippen LogP contribution in [0.2, 0.25) is 0 Å². The summed E-state index contributed by atoms with van der Waals surface area (Å²) in [6, 6.07) is 12.4. The Balaban J connectivity index is 1.58. The molecule has 0 radical (unpaired) electrons. The molecule has 9 heteroatoms. The molecule has 2 fully saturated rings. The number of rotatable bonds is 7. The number of Topliss-reactive ketones (excluding diaryl/α,β-unsaturated/α-hetero) is 1. The number of amides is 1. The number of ketones is 1. The van der Waals surface area contributed by atoms with Gasteiger partial charge in [0.05, 0.1) is 17.4 Å². The molecule has 1 saturated heterocycles. The first-order chi connectivity index (χ1) is 16.5. The number of halogens is 2. The number of benzene rings is 2. The molecule has 0 spiro atoms. The summed E-state index contributed by atoms with van der Waals surface area (Å²) in [6.07, 6.45) is 0.955. The normalized spacial score (nSPS) is 28.9. The van der Waals surface area contributed by atoms with E-state index in [0.29, 0.717) is 0 Å². The fraction of sp³-hybridized carbons (Fsp3) is 0.462. The van der Waals surface area contributed by atoms with Gasteiger partial charge >= 0.3 is 0 Å². The van der Waals surface area contributed by atoms with Gasteiger partial charge in [0, 0.05) is 29.0 Å². The number of aliphatic hydroxyl groups is 1. The maximum absolute atomic E-state index is 15.4. The van der Waals surface area contributed by atoms with Gasteiger partial charge < -0.3 is 5.11 Å². The summed E-state index contributed by atoms with van der Waals surface area (Å²) in [5.74, 6) is -3.00. The van der Waals surface area contributed by atoms with Crippen molar-refractivity contribution in [1.29, 1.82) is 0 Å². The lowest BCUT2D eigenvalue weighted by Crippen LogP contribution is -2.58. The first-order valence-electron chi connectivity index (χ1n) is 11.7. The Kier molecular flexibility index (Phi) is 7.33. The minimum atomic E-state index is -1.52. The molecule has 4 rings (SSSR count). The molecule has 3 N–H and O–H groups in total. The summed E-state index contributed by atoms with van der Waals surface area (Å²) >= 11 is 1.63. The van der Waals surface area contributed by atoms with Crippen LogP contribution >= 0.6 is 11.9 Å². The van der Waals surface area contributed by atoms with Gasteiger partial charge in [0.1, 0.15) is 11.6 Å². The Bertz CT molecular complexity index is 1100. The SMILES string of the molecule is C[C@H]1CC[C@H](c2ccccc2)SN1Cc1cc(F)c(C2(C(=O)CC(=O)NO)CC(C)(O)C2)cc1F. The molecule has 1 aliphatic heterocycles. The molecule has 35 heavy (non-hydrogen) atoms. The molecule has 2 atom stereocenters. The highest BCUT2D eigenvalue weighted by molar-refractivity contribution is 7.97. The lowest BCUT2D eigenvalue weighted by Gasteiger charge is -2.51. The van der Waals surface area contributed by atoms with E-state index in [9.17, 15) is 14.7 Å². The first kappa shape index (κ1) is 25.8. The maximum Gasteiger partial charge on any atom is 0.250 e. The van der Waals surface area contributed by atoms with Crippen molar-refractivity contribution in [2.75, 3.05) is 0 Å². The van der Waals surface area contributed by atoms with Crippen LogP contribution in [0.15, 0.2) is 42.5 Å². The molecular formula is C26H30F2N2O4S. The average molecular weight is 505 g/mol. The van der Waals surface area contributed by atoms with E-state index in [2.05, 4.69) is 23.4 Å². The number of nitrogens with one attached hydrogen (secondary N) is 1. The van der Waals surface area contributed by atoms with Crippen LogP contribution in [0.3, 0.4) is 0 Å². The van der Waals surface area contributed by atoms with E-state index in [4.69, 9.17) is 5.21 Å². The summed E-state index contributed by atoms with van der Waals surface area (Å²) in [5.41, 5.74) is -0.157. The molecule has 2 aliphatic rings. The molecule has 2 aromatic carbocycles. The summed E-state index contributed by atoms with van der Waals surface area (Å²) in [6.45, 7) is 3.77. The molecule has 1 amide bonds. The van der Waals surface area contributed by atoms with E-state index in [1.165, 1.54) is 18.0 Å². The van der Waals surface area contributed by atoms with Gasteiger partial charge in [-0.15, -0.1) is 0 Å². The number of carbonyl (C=O) groups excluding carboxylic acids is 2. The smallest absolute Gasteiger partial charge is 0.250 e. The third-order valence-corrected chi connectivity index (χ3v) is 8.62. The average Bonchev–Trinajstić information content (AvgIpc) is 2.81. The second-order valence-electron chi connectivity index (χ2n) is 10.00. The van der Waals surface area contributed by atoms with Crippen molar-refractivity contribution in [1.82, 2.24) is 9.79 Å². The van der Waals surface area contributed by atoms with E-state index in [0.717, 1.165) is 25.0 Å². The van der Waals surface area contributed by atoms with Crippen LogP contribution in [0.1, 0.15) is 67.9 Å². The fourth-order valence-electron chi connectivity index (χ4n) is 5.33. The zero-order chi connectivity index (χ0) is 25.4. The van der Waals surface area contributed by atoms with Crippen molar-refractivity contribution in [2.24, 2.45) is 0 Å². The van der Waals surface area contributed by atoms with Gasteiger partial charge in [0.15, 0.2) is 5.78 Å². The van der Waals surface area contributed by atoms with Gasteiger partial charge in [-0.2, -0.15) is 0 Å². The number of hydroxylamine groups is 1. The maximum atomic E-state index is 15.4. The fourth-order valence-corrected chi connectivity index (χ4v) is 6.70. The van der Waals surface area contributed by atoms with Gasteiger partial charge in [-0.05, 0) is 57.2 Å². The van der Waals surface area contributed by atoms with E-state index in [1.54, 1.807) is 11.9 Å². The Morgan fingerprint density at radius 3 is 2.46 bits per heavy atom. The summed E-state index contributed by atoms with van der Waals surface area (Å²) in [7, 11) is 0. The standard InChI is InChI=1S/C26H30F2N2O4S/c1-16-8-9-22(17-6-4-3-5-7-17)35-30(16)13-18-10-21(28)19(11-20(18)27)26(14-25(2,33)15-26)23(31)12-24(32)29-34/h3-7,10-11,16,22,33-34H,8-9,12-15H2,1-2H3,(H,29,32)/t16-,22+,25?,26?/m0/s1. The van der Waals surface area contributed by atoms with Crippen LogP contribution < -0.4 is 5.48 Å². The Morgan fingerprint density at radius 2 is 1.83 bits per heavy atom. The minimum absolute atomic E-state index is 0.134. The summed E-state index contributed by atoms with van der Waals surface area (Å²) in [4.78, 5) is 24.5. The first-order valence-corrected chi connectivity index (χ1v) is 12.5. The van der Waals surface area contributed by atoms with Crippen molar-refractivity contribution < 1.29 is 28.7 Å². The van der Waals surface area contributed by atoms with Crippen molar-refractivity contribution in [3.8, 4) is 0 Å². The van der Waals surface area contributed by atoms with Crippen LogP contribution in [0, 0.1) is 11.6 Å². The molecule has 0 bridgehead atoms. The Hall–Kier alpha value is -2.33. The third-order valence-electron chi connectivity index (χ3n) is 7.09. The quantitative estimate of drug-likeness (QED) is 0.221. The van der Waals surface area contributed by atoms with Crippen LogP contribution in [-0.4, -0.2) is 38.0 Å². The predicted octanol–water partition coefficient (Wildman–Crippen LogP) is 4.59. The number of hydrogen-bond donors (Lipinski definition) is 3. The van der Waals surface area contributed by atoms with Gasteiger partial charge in [-0.1, -0.05) is 42.3 Å². The molecule has 2 aromatic rings. The van der Waals surface area contributed by atoms with Gasteiger partial charge in [0.2, 0.25) is 0 Å². The van der Waals surface area contributed by atoms with Crippen LogP contribution in [0.4, 0.5) is 8.78 Å². The van der Waals surface area contributed by atoms with Crippen molar-refractivity contribution in [3.05, 3.63) is 70.8 Å². The van der Waals surface area contributed by atoms with E-state index in [1.807, 2.05) is 18.2 Å². The molecule has 0 unspecified atom stereocenters. The van der Waals surface area contributed by atoms with Crippen molar-refractivity contribution in [2.45, 2.75) is 74.8 Å². The Morgan fingerprint density at radius 1 is 1.14 bits per heavy atom. The summed E-state index contributed by atoms with van der Waals surface area (Å²) in [5, 5.41) is 19.3. The highest BCUT2D eigenvalue weighted by Gasteiger charge is 2.57. The lowest BCUT2D eigenvalue weighted by atomic mass is 9.54. The van der Waals surface area contributed by atoms with Crippen LogP contribution in [0.25, 0.3) is 0 Å². The molecule has 1 heterocycles. The molecule has 6 nitrogen and oxygen atoms in total. The molecule has 188 valence electrons. The van der Waals surface area contributed by atoms with E-state index in [-0.39, 0.29) is 41.8 Å².